The largest absolute Gasteiger partial charge is 0.478 e. The van der Waals surface area contributed by atoms with Gasteiger partial charge in [-0.05, 0) is 41.8 Å². The molecule has 1 fully saturated rings. The Morgan fingerprint density at radius 3 is 2.44 bits per heavy atom. The van der Waals surface area contributed by atoms with Crippen LogP contribution in [-0.4, -0.2) is 29.6 Å². The predicted octanol–water partition coefficient (Wildman–Crippen LogP) is 3.23. The Morgan fingerprint density at radius 2 is 1.80 bits per heavy atom. The van der Waals surface area contributed by atoms with Gasteiger partial charge in [0.05, 0.1) is 18.0 Å². The van der Waals surface area contributed by atoms with Gasteiger partial charge in [-0.3, -0.25) is 4.79 Å². The van der Waals surface area contributed by atoms with Crippen molar-refractivity contribution in [3.8, 4) is 0 Å². The van der Waals surface area contributed by atoms with E-state index in [0.29, 0.717) is 11.6 Å². The monoisotopic (exact) mass is 359 g/mol. The number of aromatic carboxylic acids is 1. The molecule has 6 heteroatoms. The molecule has 130 valence electrons. The topological polar surface area (TPSA) is 75.6 Å². The molecule has 1 saturated heterocycles. The number of carbonyl (C=O) groups excluding carboxylic acids is 1. The first-order valence-electron chi connectivity index (χ1n) is 8.01. The molecule has 2 unspecified atom stereocenters. The molecule has 25 heavy (non-hydrogen) atoms. The summed E-state index contributed by atoms with van der Waals surface area (Å²) in [5, 5.41) is 12.6. The maximum absolute atomic E-state index is 12.3. The molecule has 2 atom stereocenters. The Labute approximate surface area is 150 Å². The fourth-order valence-corrected chi connectivity index (χ4v) is 3.05. The molecule has 3 rings (SSSR count). The minimum Gasteiger partial charge on any atom is -0.478 e. The third-order valence-electron chi connectivity index (χ3n) is 4.20. The zero-order valence-corrected chi connectivity index (χ0v) is 14.2. The van der Waals surface area contributed by atoms with Crippen LogP contribution in [-0.2, 0) is 16.0 Å². The van der Waals surface area contributed by atoms with Gasteiger partial charge in [-0.15, -0.1) is 0 Å². The number of carboxylic acids is 1. The van der Waals surface area contributed by atoms with Crippen LogP contribution >= 0.6 is 11.6 Å². The van der Waals surface area contributed by atoms with Gasteiger partial charge in [-0.2, -0.15) is 0 Å². The smallest absolute Gasteiger partial charge is 0.335 e. The van der Waals surface area contributed by atoms with Crippen molar-refractivity contribution < 1.29 is 19.4 Å². The Morgan fingerprint density at radius 1 is 1.12 bits per heavy atom. The van der Waals surface area contributed by atoms with E-state index in [1.54, 1.807) is 24.3 Å². The van der Waals surface area contributed by atoms with Crippen molar-refractivity contribution in [2.45, 2.75) is 25.0 Å². The second-order valence-corrected chi connectivity index (χ2v) is 6.42. The van der Waals surface area contributed by atoms with Crippen molar-refractivity contribution in [1.82, 2.24) is 5.32 Å². The Hall–Kier alpha value is -2.37. The van der Waals surface area contributed by atoms with Crippen molar-refractivity contribution >= 4 is 23.5 Å². The van der Waals surface area contributed by atoms with Crippen LogP contribution in [0.4, 0.5) is 0 Å². The van der Waals surface area contributed by atoms with E-state index in [2.05, 4.69) is 5.32 Å². The highest BCUT2D eigenvalue weighted by molar-refractivity contribution is 6.30. The maximum atomic E-state index is 12.3. The molecule has 2 aromatic rings. The summed E-state index contributed by atoms with van der Waals surface area (Å²) in [6.45, 7) is 0.589. The summed E-state index contributed by atoms with van der Waals surface area (Å²) in [5.41, 5.74) is 1.96. The summed E-state index contributed by atoms with van der Waals surface area (Å²) in [6, 6.07) is 13.6. The molecule has 0 aromatic heterocycles. The standard InChI is InChI=1S/C19H18ClNO4/c20-15-7-5-13(6-8-15)18-16(9-10-25-18)21-17(22)11-12-1-3-14(4-2-12)19(23)24/h1-8,16,18H,9-11H2,(H,21,22)(H,23,24). The highest BCUT2D eigenvalue weighted by atomic mass is 35.5. The third kappa shape index (κ3) is 4.38. The number of carboxylic acid groups (broad SMARTS) is 1. The van der Waals surface area contributed by atoms with Gasteiger partial charge in [0.15, 0.2) is 0 Å². The predicted molar refractivity (Wildman–Crippen MR) is 93.8 cm³/mol. The van der Waals surface area contributed by atoms with E-state index >= 15 is 0 Å². The quantitative estimate of drug-likeness (QED) is 0.859. The van der Waals surface area contributed by atoms with Crippen LogP contribution in [0.3, 0.4) is 0 Å². The van der Waals surface area contributed by atoms with Crippen LogP contribution in [0, 0.1) is 0 Å². The third-order valence-corrected chi connectivity index (χ3v) is 4.45. The van der Waals surface area contributed by atoms with Crippen molar-refractivity contribution in [1.29, 1.82) is 0 Å². The number of rotatable bonds is 5. The number of benzene rings is 2. The maximum Gasteiger partial charge on any atom is 0.335 e. The van der Waals surface area contributed by atoms with E-state index in [1.165, 1.54) is 12.1 Å². The summed E-state index contributed by atoms with van der Waals surface area (Å²) < 4.78 is 5.76. The molecule has 1 aliphatic rings. The van der Waals surface area contributed by atoms with E-state index in [0.717, 1.165) is 17.5 Å². The van der Waals surface area contributed by atoms with Crippen LogP contribution < -0.4 is 5.32 Å². The van der Waals surface area contributed by atoms with Gasteiger partial charge in [-0.25, -0.2) is 4.79 Å². The molecule has 0 radical (unpaired) electrons. The first-order chi connectivity index (χ1) is 12.0. The zero-order chi connectivity index (χ0) is 17.8. The fraction of sp³-hybridized carbons (Fsp3) is 0.263. The molecule has 2 N–H and O–H groups in total. The van der Waals surface area contributed by atoms with Crippen LogP contribution in [0.1, 0.15) is 34.0 Å². The van der Waals surface area contributed by atoms with Crippen LogP contribution in [0.2, 0.25) is 5.02 Å². The summed E-state index contributed by atoms with van der Waals surface area (Å²) in [5.74, 6) is -1.09. The summed E-state index contributed by atoms with van der Waals surface area (Å²) in [4.78, 5) is 23.2. The SMILES string of the molecule is O=C(Cc1ccc(C(=O)O)cc1)NC1CCOC1c1ccc(Cl)cc1. The van der Waals surface area contributed by atoms with Crippen LogP contribution in [0.15, 0.2) is 48.5 Å². The average molecular weight is 360 g/mol. The van der Waals surface area contributed by atoms with E-state index in [1.807, 2.05) is 12.1 Å². The molecule has 0 saturated carbocycles. The molecule has 0 aliphatic carbocycles. The molecule has 1 aliphatic heterocycles. The Kier molecular flexibility index (Phi) is 5.36. The zero-order valence-electron chi connectivity index (χ0n) is 13.4. The van der Waals surface area contributed by atoms with Crippen molar-refractivity contribution in [3.63, 3.8) is 0 Å². The average Bonchev–Trinajstić information content (AvgIpc) is 3.04. The first-order valence-corrected chi connectivity index (χ1v) is 8.39. The highest BCUT2D eigenvalue weighted by Crippen LogP contribution is 2.30. The Bertz CT molecular complexity index is 758. The van der Waals surface area contributed by atoms with Crippen molar-refractivity contribution in [2.75, 3.05) is 6.61 Å². The van der Waals surface area contributed by atoms with Gasteiger partial charge >= 0.3 is 5.97 Å². The number of halogens is 1. The van der Waals surface area contributed by atoms with E-state index in [-0.39, 0.29) is 30.0 Å². The van der Waals surface area contributed by atoms with E-state index < -0.39 is 5.97 Å². The lowest BCUT2D eigenvalue weighted by molar-refractivity contribution is -0.121. The summed E-state index contributed by atoms with van der Waals surface area (Å²) >= 11 is 5.91. The van der Waals surface area contributed by atoms with Gasteiger partial charge < -0.3 is 15.2 Å². The van der Waals surface area contributed by atoms with Gasteiger partial charge in [0.2, 0.25) is 5.91 Å². The van der Waals surface area contributed by atoms with E-state index in [9.17, 15) is 9.59 Å². The molecule has 1 amide bonds. The lowest BCUT2D eigenvalue weighted by Gasteiger charge is -2.20. The lowest BCUT2D eigenvalue weighted by Crippen LogP contribution is -2.37. The fourth-order valence-electron chi connectivity index (χ4n) is 2.93. The normalized spacial score (nSPS) is 19.6. The minimum atomic E-state index is -0.982. The highest BCUT2D eigenvalue weighted by Gasteiger charge is 2.30. The second-order valence-electron chi connectivity index (χ2n) is 5.98. The molecular formula is C19H18ClNO4. The van der Waals surface area contributed by atoms with Gasteiger partial charge in [0.25, 0.3) is 0 Å². The lowest BCUT2D eigenvalue weighted by atomic mass is 10.0. The number of hydrogen-bond donors (Lipinski definition) is 2. The number of nitrogens with one attached hydrogen (secondary N) is 1. The summed E-state index contributed by atoms with van der Waals surface area (Å²) in [6.07, 6.45) is 0.761. The number of hydrogen-bond acceptors (Lipinski definition) is 3. The molecule has 0 spiro atoms. The minimum absolute atomic E-state index is 0.0908. The summed E-state index contributed by atoms with van der Waals surface area (Å²) in [7, 11) is 0. The molecule has 0 bridgehead atoms. The number of ether oxygens (including phenoxy) is 1. The van der Waals surface area contributed by atoms with Gasteiger partial charge in [-0.1, -0.05) is 35.9 Å². The van der Waals surface area contributed by atoms with Crippen molar-refractivity contribution in [3.05, 3.63) is 70.2 Å². The second kappa shape index (κ2) is 7.68. The Balaban J connectivity index is 1.61. The van der Waals surface area contributed by atoms with Crippen molar-refractivity contribution in [2.24, 2.45) is 0 Å². The van der Waals surface area contributed by atoms with Gasteiger partial charge in [0.1, 0.15) is 6.10 Å². The molecule has 1 heterocycles. The molecular weight excluding hydrogens is 342 g/mol. The first kappa shape index (κ1) is 17.5. The van der Waals surface area contributed by atoms with E-state index in [4.69, 9.17) is 21.4 Å². The van der Waals surface area contributed by atoms with Crippen LogP contribution in [0.5, 0.6) is 0 Å². The number of amides is 1. The number of carbonyl (C=O) groups is 2. The molecule has 5 nitrogen and oxygen atoms in total. The van der Waals surface area contributed by atoms with Crippen LogP contribution in [0.25, 0.3) is 0 Å². The van der Waals surface area contributed by atoms with Gasteiger partial charge in [0, 0.05) is 11.6 Å². The molecule has 2 aromatic carbocycles.